The number of piperidine rings is 3. The van der Waals surface area contributed by atoms with Crippen LogP contribution in [-0.4, -0.2) is 93.6 Å². The van der Waals surface area contributed by atoms with E-state index in [9.17, 15) is 0 Å². The lowest BCUT2D eigenvalue weighted by Gasteiger charge is -2.28. The molecular formula is C76H73N17. The van der Waals surface area contributed by atoms with Gasteiger partial charge < -0.3 is 43.9 Å². The number of imidazole rings is 3. The minimum atomic E-state index is 0.741. The Hall–Kier alpha value is -10.9. The number of rotatable bonds is 12. The quantitative estimate of drug-likeness (QED) is 0.106. The number of nitrogens with zero attached hydrogens (tertiary/aromatic N) is 14. The molecule has 93 heavy (non-hydrogen) atoms. The minimum absolute atomic E-state index is 0.741. The van der Waals surface area contributed by atoms with Gasteiger partial charge in [-0.15, -0.1) is 0 Å². The molecule has 3 N–H and O–H groups in total. The van der Waals surface area contributed by atoms with Gasteiger partial charge in [-0.05, 0) is 196 Å². The van der Waals surface area contributed by atoms with Crippen LogP contribution in [0.15, 0.2) is 194 Å². The lowest BCUT2D eigenvalue weighted by molar-refractivity contribution is 0.578. The van der Waals surface area contributed by atoms with Crippen LogP contribution in [0.5, 0.6) is 0 Å². The van der Waals surface area contributed by atoms with Crippen molar-refractivity contribution in [2.24, 2.45) is 4.99 Å². The highest BCUT2D eigenvalue weighted by atomic mass is 15.2. The Bertz CT molecular complexity index is 4270. The van der Waals surface area contributed by atoms with Gasteiger partial charge in [-0.1, -0.05) is 42.5 Å². The summed E-state index contributed by atoms with van der Waals surface area (Å²) in [6.45, 7) is 7.65. The first kappa shape index (κ1) is 57.2. The van der Waals surface area contributed by atoms with Gasteiger partial charge in [0.25, 0.3) is 0 Å². The third-order valence-corrected chi connectivity index (χ3v) is 18.6. The number of fused-ring (bicyclic) bond motifs is 6. The molecule has 0 atom stereocenters. The van der Waals surface area contributed by atoms with Crippen LogP contribution in [-0.2, 0) is 19.4 Å². The van der Waals surface area contributed by atoms with Crippen molar-refractivity contribution in [2.75, 3.05) is 69.9 Å². The Morgan fingerprint density at radius 1 is 0.366 bits per heavy atom. The second kappa shape index (κ2) is 25.7. The standard InChI is InChI=1S/C26H25N5.2C25H24N6/c1-2-14-30(15-3-1)23-11-9-22(10-12-23)28-25-26-27-13-16-31(26)18-24(29-25)21-8-7-19-5-4-6-20(19)17-21;1-2-11-30(12-3-1)22-8-6-21(7-9-22)28-24-25-27-10-13-31(25)17-23(29-24)18-4-5-19-15-26-16-20(19)14-18;1-2-12-30(13-3-1)21-9-7-20(8-10-21)28-24-25-26-11-14-31(25)17-23(29-24)19-15-18-5-4-6-22(18)27-16-19/h4-5,7-13,16-18H,1-3,6,14-15H2,(H,28,29);4-10,13-15,17H,1-3,11-12,16H2,(H,28,29);4,6-11,14-17H,1-3,5,12-13H2,(H,28,29). The smallest absolute Gasteiger partial charge is 0.180 e. The van der Waals surface area contributed by atoms with Gasteiger partial charge in [0.1, 0.15) is 0 Å². The van der Waals surface area contributed by atoms with Gasteiger partial charge in [0.15, 0.2) is 34.4 Å². The predicted octanol–water partition coefficient (Wildman–Crippen LogP) is 15.9. The number of nitrogens with one attached hydrogen (secondary N) is 3. The van der Waals surface area contributed by atoms with Gasteiger partial charge in [0.2, 0.25) is 0 Å². The van der Waals surface area contributed by atoms with Crippen LogP contribution in [0.1, 0.15) is 91.3 Å². The highest BCUT2D eigenvalue weighted by Gasteiger charge is 2.19. The summed E-state index contributed by atoms with van der Waals surface area (Å²) in [5, 5.41) is 10.5. The number of hydrogen-bond acceptors (Lipinski definition) is 14. The van der Waals surface area contributed by atoms with Crippen LogP contribution in [0.3, 0.4) is 0 Å². The summed E-state index contributed by atoms with van der Waals surface area (Å²) in [6.07, 6.45) is 43.5. The second-order valence-electron chi connectivity index (χ2n) is 24.8. The topological polar surface area (TPSA) is 162 Å². The highest BCUT2D eigenvalue weighted by molar-refractivity contribution is 5.86. The molecule has 17 heteroatoms. The molecule has 3 saturated heterocycles. The maximum absolute atomic E-state index is 4.95. The number of benzene rings is 5. The minimum Gasteiger partial charge on any atom is -0.372 e. The Morgan fingerprint density at radius 2 is 0.774 bits per heavy atom. The molecule has 0 radical (unpaired) electrons. The van der Waals surface area contributed by atoms with Gasteiger partial charge in [0.05, 0.1) is 29.3 Å². The normalized spacial score (nSPS) is 15.4. The lowest BCUT2D eigenvalue weighted by atomic mass is 10.0. The van der Waals surface area contributed by atoms with Gasteiger partial charge >= 0.3 is 0 Å². The second-order valence-corrected chi connectivity index (χ2v) is 24.8. The molecular weight excluding hydrogens is 1150 g/mol. The van der Waals surface area contributed by atoms with Crippen molar-refractivity contribution in [3.05, 3.63) is 223 Å². The van der Waals surface area contributed by atoms with Crippen LogP contribution in [0.25, 0.3) is 62.9 Å². The molecule has 5 aromatic carbocycles. The summed E-state index contributed by atoms with van der Waals surface area (Å²) >= 11 is 0. The summed E-state index contributed by atoms with van der Waals surface area (Å²) in [6, 6.07) is 41.1. The number of aliphatic imine (C=N–C) groups is 1. The molecule has 0 spiro atoms. The van der Waals surface area contributed by atoms with E-state index in [1.54, 1.807) is 6.20 Å². The lowest BCUT2D eigenvalue weighted by Crippen LogP contribution is -2.29. The maximum Gasteiger partial charge on any atom is 0.180 e. The zero-order valence-electron chi connectivity index (χ0n) is 52.1. The van der Waals surface area contributed by atoms with E-state index in [2.05, 4.69) is 201 Å². The Kier molecular flexibility index (Phi) is 15.8. The first-order valence-electron chi connectivity index (χ1n) is 33.0. The first-order chi connectivity index (χ1) is 46.0. The van der Waals surface area contributed by atoms with E-state index in [1.807, 2.05) is 69.0 Å². The summed E-state index contributed by atoms with van der Waals surface area (Å²) < 4.78 is 6.08. The van der Waals surface area contributed by atoms with Crippen molar-refractivity contribution < 1.29 is 0 Å². The zero-order valence-corrected chi connectivity index (χ0v) is 52.1. The van der Waals surface area contributed by atoms with Crippen LogP contribution in [0.4, 0.5) is 51.6 Å². The number of aromatic nitrogens is 10. The Morgan fingerprint density at radius 3 is 1.25 bits per heavy atom. The zero-order chi connectivity index (χ0) is 61.9. The third-order valence-electron chi connectivity index (χ3n) is 18.6. The maximum atomic E-state index is 4.95. The predicted molar refractivity (Wildman–Crippen MR) is 377 cm³/mol. The fourth-order valence-corrected chi connectivity index (χ4v) is 13.6. The van der Waals surface area contributed by atoms with Crippen molar-refractivity contribution in [1.29, 1.82) is 0 Å². The van der Waals surface area contributed by atoms with Crippen molar-refractivity contribution in [1.82, 2.24) is 48.1 Å². The van der Waals surface area contributed by atoms with Crippen LogP contribution >= 0.6 is 0 Å². The van der Waals surface area contributed by atoms with Gasteiger partial charge in [-0.2, -0.15) is 0 Å². The molecule has 12 aromatic rings. The van der Waals surface area contributed by atoms with Crippen LogP contribution in [0, 0.1) is 0 Å². The van der Waals surface area contributed by atoms with E-state index >= 15 is 0 Å². The SMILES string of the molecule is C1=Cc2ccc(-c3cn4ccnc4c(Nc4ccc(N5CCCCC5)cc4)n3)cc2C1.C1=Cc2ncc(-c3cn4ccnc4c(Nc4ccc(N5CCCCC5)cc4)n3)cc2C1.C1=NCc2cc(-c3cn4ccnc4c(Nc4ccc(N5CCCCC5)cc4)n3)ccc21. The fourth-order valence-electron chi connectivity index (χ4n) is 13.6. The molecule has 0 unspecified atom stereocenters. The van der Waals surface area contributed by atoms with E-state index in [0.29, 0.717) is 0 Å². The van der Waals surface area contributed by atoms with E-state index in [1.165, 1.54) is 103 Å². The summed E-state index contributed by atoms with van der Waals surface area (Å²) in [5.41, 5.74) is 22.7. The molecule has 0 saturated carbocycles. The molecule has 462 valence electrons. The van der Waals surface area contributed by atoms with Gasteiger partial charge in [-0.25, -0.2) is 29.9 Å². The van der Waals surface area contributed by atoms with Crippen molar-refractivity contribution >= 4 is 86.9 Å². The number of pyridine rings is 1. The molecule has 6 aliphatic rings. The highest BCUT2D eigenvalue weighted by Crippen LogP contribution is 2.34. The fraction of sp³-hybridized carbons (Fsp3) is 0.237. The molecule has 3 fully saturated rings. The van der Waals surface area contributed by atoms with Crippen LogP contribution < -0.4 is 30.7 Å². The summed E-state index contributed by atoms with van der Waals surface area (Å²) in [5.74, 6) is 2.27. The van der Waals surface area contributed by atoms with Crippen molar-refractivity contribution in [3.8, 4) is 33.8 Å². The molecule has 0 bridgehead atoms. The number of anilines is 9. The number of allylic oxidation sites excluding steroid dienone is 2. The summed E-state index contributed by atoms with van der Waals surface area (Å²) in [7, 11) is 0. The van der Waals surface area contributed by atoms with E-state index in [-0.39, 0.29) is 0 Å². The van der Waals surface area contributed by atoms with Gasteiger partial charge in [0, 0.05) is 158 Å². The van der Waals surface area contributed by atoms with Crippen LogP contribution in [0.2, 0.25) is 0 Å². The van der Waals surface area contributed by atoms with Crippen molar-refractivity contribution in [3.63, 3.8) is 0 Å². The average molecular weight is 1220 g/mol. The van der Waals surface area contributed by atoms with Crippen molar-refractivity contribution in [2.45, 2.75) is 77.2 Å². The molecule has 4 aliphatic heterocycles. The summed E-state index contributed by atoms with van der Waals surface area (Å²) in [4.78, 5) is 44.7. The largest absolute Gasteiger partial charge is 0.372 e. The van der Waals surface area contributed by atoms with Gasteiger partial charge in [-0.3, -0.25) is 9.98 Å². The molecule has 11 heterocycles. The third kappa shape index (κ3) is 12.4. The molecule has 18 rings (SSSR count). The monoisotopic (exact) mass is 1220 g/mol. The average Bonchev–Trinajstić information content (AvgIpc) is 1.83. The van der Waals surface area contributed by atoms with E-state index in [4.69, 9.17) is 15.0 Å². The first-order valence-corrected chi connectivity index (χ1v) is 33.0. The Balaban J connectivity index is 0.000000111. The number of hydrogen-bond donors (Lipinski definition) is 3. The molecule has 7 aromatic heterocycles. The molecule has 0 amide bonds. The molecule has 2 aliphatic carbocycles. The van der Waals surface area contributed by atoms with E-state index in [0.717, 1.165) is 150 Å². The van der Waals surface area contributed by atoms with E-state index < -0.39 is 0 Å². The Labute approximate surface area is 541 Å². The molecule has 17 nitrogen and oxygen atoms in total.